The van der Waals surface area contributed by atoms with Gasteiger partial charge in [0.15, 0.2) is 11.0 Å². The summed E-state index contributed by atoms with van der Waals surface area (Å²) in [5.41, 5.74) is -2.59. The highest BCUT2D eigenvalue weighted by Gasteiger charge is 2.77. The number of ketones is 1. The molecular formula is C32H31Cl2F3N4O3. The molecule has 232 valence electrons. The number of pyridine rings is 1. The van der Waals surface area contributed by atoms with Crippen molar-refractivity contribution < 1.29 is 27.2 Å². The van der Waals surface area contributed by atoms with Gasteiger partial charge in [-0.25, -0.2) is 9.37 Å². The average Bonchev–Trinajstić information content (AvgIpc) is 3.71. The second-order valence-electron chi connectivity index (χ2n) is 13.3. The van der Waals surface area contributed by atoms with Crippen LogP contribution in [0, 0.1) is 28.5 Å². The molecule has 1 aliphatic heterocycles. The van der Waals surface area contributed by atoms with Crippen LogP contribution in [0.5, 0.6) is 0 Å². The van der Waals surface area contributed by atoms with Crippen molar-refractivity contribution in [3.05, 3.63) is 69.9 Å². The lowest BCUT2D eigenvalue weighted by Crippen LogP contribution is -2.61. The lowest BCUT2D eigenvalue weighted by molar-refractivity contribution is -0.143. The summed E-state index contributed by atoms with van der Waals surface area (Å²) in [5.74, 6) is -2.25. The molecule has 3 fully saturated rings. The van der Waals surface area contributed by atoms with Gasteiger partial charge in [-0.2, -0.15) is 0 Å². The minimum Gasteiger partial charge on any atom is -0.428 e. The number of nitrogens with one attached hydrogen (secondary N) is 1. The Bertz CT molecular complexity index is 1600. The van der Waals surface area contributed by atoms with Crippen molar-refractivity contribution in [2.75, 3.05) is 18.7 Å². The van der Waals surface area contributed by atoms with E-state index in [1.807, 2.05) is 0 Å². The topological polar surface area (TPSA) is 98.0 Å². The van der Waals surface area contributed by atoms with E-state index in [9.17, 15) is 18.4 Å². The second-order valence-corrected chi connectivity index (χ2v) is 14.1. The third-order valence-corrected chi connectivity index (χ3v) is 11.5. The number of benzene rings is 1. The Morgan fingerprint density at radius 2 is 1.84 bits per heavy atom. The molecule has 1 aromatic carbocycles. The molecule has 2 aromatic heterocycles. The fourth-order valence-corrected chi connectivity index (χ4v) is 9.67. The van der Waals surface area contributed by atoms with Crippen molar-refractivity contribution in [2.24, 2.45) is 22.7 Å². The Hall–Kier alpha value is -2.98. The van der Waals surface area contributed by atoms with Gasteiger partial charge in [-0.3, -0.25) is 18.4 Å². The van der Waals surface area contributed by atoms with Crippen molar-refractivity contribution in [2.45, 2.75) is 68.6 Å². The smallest absolute Gasteiger partial charge is 0.236 e. The van der Waals surface area contributed by atoms with Crippen LogP contribution < -0.4 is 5.32 Å². The van der Waals surface area contributed by atoms with E-state index in [2.05, 4.69) is 20.5 Å². The zero-order valence-corrected chi connectivity index (χ0v) is 25.3. The largest absolute Gasteiger partial charge is 0.428 e. The number of rotatable bonds is 7. The first-order valence-corrected chi connectivity index (χ1v) is 15.7. The Morgan fingerprint density at radius 1 is 1.09 bits per heavy atom. The maximum atomic E-state index is 16.0. The highest BCUT2D eigenvalue weighted by Crippen LogP contribution is 2.77. The standard InChI is InChI=1S/C32H31Cl2F3N4O3/c33-19-5-6-22-23(10-19)40-29(43)32(22)25(20-7-8-38-27(34)26(20)37)21(11-31(32)12-30(13-31,14-35)15-36)24(42)9-17-1-3-18(4-2-17)28-41-39-16-44-28/h5-8,10,16-18,21,25H,1-4,9,11-15H2,(H,40,43)/t17?,18?,21-,25-,32+/m0/s1. The SMILES string of the molecule is O=C(CC1CCC(c2nnco2)CC1)[C@@H]1CC2(CC(CF)(CF)C2)[C@@]2(C(=O)Nc3cc(Cl)ccc32)[C@H]1c1ccnc(Cl)c1F. The van der Waals surface area contributed by atoms with E-state index in [4.69, 9.17) is 27.6 Å². The minimum absolute atomic E-state index is 0.0541. The van der Waals surface area contributed by atoms with Gasteiger partial charge in [-0.05, 0) is 85.6 Å². The molecule has 0 radical (unpaired) electrons. The van der Waals surface area contributed by atoms with Gasteiger partial charge in [0.25, 0.3) is 0 Å². The number of carbonyl (C=O) groups is 2. The van der Waals surface area contributed by atoms with Crippen molar-refractivity contribution in [3.8, 4) is 0 Å². The molecule has 1 N–H and O–H groups in total. The molecule has 7 rings (SSSR count). The van der Waals surface area contributed by atoms with Crippen LogP contribution in [0.3, 0.4) is 0 Å². The third-order valence-electron chi connectivity index (χ3n) is 11.0. The number of fused-ring (bicyclic) bond motifs is 3. The number of hydrogen-bond acceptors (Lipinski definition) is 6. The molecule has 2 spiro atoms. The van der Waals surface area contributed by atoms with Gasteiger partial charge < -0.3 is 9.73 Å². The van der Waals surface area contributed by atoms with E-state index in [0.29, 0.717) is 22.2 Å². The molecule has 1 amide bonds. The summed E-state index contributed by atoms with van der Waals surface area (Å²) in [6, 6.07) is 6.47. The Labute approximate surface area is 262 Å². The predicted molar refractivity (Wildman–Crippen MR) is 156 cm³/mol. The average molecular weight is 648 g/mol. The molecule has 0 saturated heterocycles. The third kappa shape index (κ3) is 4.26. The maximum Gasteiger partial charge on any atom is 0.236 e. The van der Waals surface area contributed by atoms with Gasteiger partial charge in [0.2, 0.25) is 18.2 Å². The summed E-state index contributed by atoms with van der Waals surface area (Å²) in [4.78, 5) is 32.7. The number of nitrogens with zero attached hydrogens (tertiary/aromatic N) is 3. The Kier molecular flexibility index (Phi) is 7.31. The van der Waals surface area contributed by atoms with Gasteiger partial charge >= 0.3 is 0 Å². The number of Topliss-reactive ketones (excluding diaryl/α,β-unsaturated/α-hetero) is 1. The van der Waals surface area contributed by atoms with E-state index >= 15 is 4.39 Å². The van der Waals surface area contributed by atoms with Crippen LogP contribution in [0.4, 0.5) is 18.9 Å². The predicted octanol–water partition coefficient (Wildman–Crippen LogP) is 7.54. The first-order chi connectivity index (χ1) is 21.2. The van der Waals surface area contributed by atoms with Crippen molar-refractivity contribution in [1.29, 1.82) is 0 Å². The normalized spacial score (nSPS) is 29.9. The molecule has 3 heterocycles. The second kappa shape index (κ2) is 10.8. The number of anilines is 1. The molecule has 4 aliphatic rings. The van der Waals surface area contributed by atoms with Crippen molar-refractivity contribution in [1.82, 2.24) is 15.2 Å². The minimum atomic E-state index is -1.47. The number of hydrogen-bond donors (Lipinski definition) is 1. The summed E-state index contributed by atoms with van der Waals surface area (Å²) in [7, 11) is 0. The first kappa shape index (κ1) is 29.7. The van der Waals surface area contributed by atoms with E-state index in [0.717, 1.165) is 25.7 Å². The number of carbonyl (C=O) groups excluding carboxylic acids is 2. The summed E-state index contributed by atoms with van der Waals surface area (Å²) < 4.78 is 50.1. The quantitative estimate of drug-likeness (QED) is 0.266. The van der Waals surface area contributed by atoms with Crippen molar-refractivity contribution in [3.63, 3.8) is 0 Å². The molecule has 0 bridgehead atoms. The van der Waals surface area contributed by atoms with Gasteiger partial charge in [0.1, 0.15) is 5.78 Å². The highest BCUT2D eigenvalue weighted by molar-refractivity contribution is 6.31. The zero-order valence-electron chi connectivity index (χ0n) is 23.8. The van der Waals surface area contributed by atoms with E-state index < -0.39 is 53.2 Å². The summed E-state index contributed by atoms with van der Waals surface area (Å²) in [6.07, 6.45) is 6.37. The van der Waals surface area contributed by atoms with Crippen LogP contribution in [-0.2, 0) is 15.0 Å². The molecular weight excluding hydrogens is 616 g/mol. The number of amides is 1. The molecule has 0 unspecified atom stereocenters. The molecule has 44 heavy (non-hydrogen) atoms. The number of alkyl halides is 2. The lowest BCUT2D eigenvalue weighted by atomic mass is 9.43. The molecule has 3 aliphatic carbocycles. The maximum absolute atomic E-state index is 16.0. The van der Waals surface area contributed by atoms with Crippen LogP contribution in [0.1, 0.15) is 80.2 Å². The number of aromatic nitrogens is 3. The van der Waals surface area contributed by atoms with E-state index in [1.54, 1.807) is 18.2 Å². The molecule has 7 nitrogen and oxygen atoms in total. The molecule has 3 aromatic rings. The summed E-state index contributed by atoms with van der Waals surface area (Å²) in [5, 5.41) is 10.8. The molecule has 12 heteroatoms. The van der Waals surface area contributed by atoms with Gasteiger partial charge in [-0.15, -0.1) is 10.2 Å². The van der Waals surface area contributed by atoms with Crippen LogP contribution in [-0.4, -0.2) is 40.2 Å². The fourth-order valence-electron chi connectivity index (χ4n) is 9.34. The first-order valence-electron chi connectivity index (χ1n) is 15.0. The fraction of sp³-hybridized carbons (Fsp3) is 0.531. The number of halogens is 5. The molecule has 3 saturated carbocycles. The lowest BCUT2D eigenvalue weighted by Gasteiger charge is -2.59. The molecule has 3 atom stereocenters. The Morgan fingerprint density at radius 3 is 2.52 bits per heavy atom. The summed E-state index contributed by atoms with van der Waals surface area (Å²) in [6.45, 7) is -1.78. The van der Waals surface area contributed by atoms with Crippen molar-refractivity contribution >= 4 is 40.6 Å². The van der Waals surface area contributed by atoms with Gasteiger partial charge in [0.05, 0.1) is 18.8 Å². The van der Waals surface area contributed by atoms with Crippen LogP contribution in [0.25, 0.3) is 0 Å². The van der Waals surface area contributed by atoms with Crippen LogP contribution in [0.15, 0.2) is 41.3 Å². The van der Waals surface area contributed by atoms with Gasteiger partial charge in [-0.1, -0.05) is 29.3 Å². The van der Waals surface area contributed by atoms with Gasteiger partial charge in [0, 0.05) is 46.5 Å². The summed E-state index contributed by atoms with van der Waals surface area (Å²) >= 11 is 12.5. The Balaban J connectivity index is 1.31. The highest BCUT2D eigenvalue weighted by atomic mass is 35.5. The monoisotopic (exact) mass is 646 g/mol. The van der Waals surface area contributed by atoms with Crippen LogP contribution >= 0.6 is 23.2 Å². The van der Waals surface area contributed by atoms with Crippen LogP contribution in [0.2, 0.25) is 10.2 Å². The van der Waals surface area contributed by atoms with E-state index in [-0.39, 0.29) is 54.0 Å². The van der Waals surface area contributed by atoms with E-state index in [1.165, 1.54) is 18.7 Å². The zero-order chi connectivity index (χ0) is 30.9.